The van der Waals surface area contributed by atoms with E-state index >= 15 is 0 Å². The first-order valence-corrected chi connectivity index (χ1v) is 11.7. The van der Waals surface area contributed by atoms with E-state index in [4.69, 9.17) is 9.84 Å². The minimum Gasteiger partial charge on any atom is -0.478 e. The summed E-state index contributed by atoms with van der Waals surface area (Å²) in [5.41, 5.74) is 2.00. The van der Waals surface area contributed by atoms with Crippen molar-refractivity contribution in [3.05, 3.63) is 47.3 Å². The van der Waals surface area contributed by atoms with Crippen LogP contribution in [0.25, 0.3) is 0 Å². The summed E-state index contributed by atoms with van der Waals surface area (Å²) in [7, 11) is 1.98. The van der Waals surface area contributed by atoms with Gasteiger partial charge in [0.2, 0.25) is 5.91 Å². The standard InChI is InChI=1S/C24H35N5O5/c1-17-11-29(18(2)15-30)23(31)5-4-10-28-13-21(25-26-28)16-34-22(17)14-27(3)12-19-6-8-20(9-7-19)24(32)33/h6-9,13,17-18,22,30H,4-5,10-12,14-16H2,1-3H3,(H,32,33)/t17-,18-,22+/m0/s1. The second-order valence-corrected chi connectivity index (χ2v) is 9.18. The topological polar surface area (TPSA) is 121 Å². The highest BCUT2D eigenvalue weighted by atomic mass is 16.5. The van der Waals surface area contributed by atoms with Gasteiger partial charge in [0.05, 0.1) is 37.1 Å². The van der Waals surface area contributed by atoms with Gasteiger partial charge in [-0.3, -0.25) is 14.4 Å². The van der Waals surface area contributed by atoms with Gasteiger partial charge in [0.25, 0.3) is 0 Å². The average molecular weight is 474 g/mol. The molecule has 0 saturated heterocycles. The minimum absolute atomic E-state index is 0.00517. The zero-order valence-electron chi connectivity index (χ0n) is 20.1. The van der Waals surface area contributed by atoms with Crippen molar-refractivity contribution < 1.29 is 24.5 Å². The highest BCUT2D eigenvalue weighted by molar-refractivity contribution is 5.87. The third-order valence-electron chi connectivity index (χ3n) is 6.19. The van der Waals surface area contributed by atoms with Crippen molar-refractivity contribution in [3.63, 3.8) is 0 Å². The molecule has 3 atom stereocenters. The largest absolute Gasteiger partial charge is 0.478 e. The fraction of sp³-hybridized carbons (Fsp3) is 0.583. The number of aromatic nitrogens is 3. The van der Waals surface area contributed by atoms with E-state index in [9.17, 15) is 14.7 Å². The number of amides is 1. The number of fused-ring (bicyclic) bond motifs is 2. The number of benzene rings is 1. The molecule has 2 bridgehead atoms. The number of carbonyl (C=O) groups excluding carboxylic acids is 1. The number of carboxylic acids is 1. The number of ether oxygens (including phenoxy) is 1. The number of aryl methyl sites for hydroxylation is 1. The normalized spacial score (nSPS) is 21.0. The van der Waals surface area contributed by atoms with Crippen LogP contribution in [0.2, 0.25) is 0 Å². The number of nitrogens with zero attached hydrogens (tertiary/aromatic N) is 5. The van der Waals surface area contributed by atoms with Crippen molar-refractivity contribution in [2.75, 3.05) is 26.7 Å². The summed E-state index contributed by atoms with van der Waals surface area (Å²) < 4.78 is 8.02. The van der Waals surface area contributed by atoms with Crippen molar-refractivity contribution in [1.29, 1.82) is 0 Å². The fourth-order valence-electron chi connectivity index (χ4n) is 4.13. The summed E-state index contributed by atoms with van der Waals surface area (Å²) in [5, 5.41) is 27.1. The van der Waals surface area contributed by atoms with Crippen molar-refractivity contribution in [1.82, 2.24) is 24.8 Å². The Morgan fingerprint density at radius 2 is 2.06 bits per heavy atom. The van der Waals surface area contributed by atoms with Crippen LogP contribution in [0.1, 0.15) is 48.3 Å². The molecule has 0 unspecified atom stereocenters. The minimum atomic E-state index is -0.945. The summed E-state index contributed by atoms with van der Waals surface area (Å²) in [5.74, 6) is -0.927. The Morgan fingerprint density at radius 3 is 2.74 bits per heavy atom. The Bertz CT molecular complexity index is 947. The lowest BCUT2D eigenvalue weighted by Gasteiger charge is -2.35. The van der Waals surface area contributed by atoms with Crippen LogP contribution in [-0.2, 0) is 29.2 Å². The third kappa shape index (κ3) is 7.09. The zero-order chi connectivity index (χ0) is 24.7. The molecule has 1 aliphatic rings. The van der Waals surface area contributed by atoms with Crippen LogP contribution >= 0.6 is 0 Å². The SMILES string of the molecule is C[C@H]1CN([C@@H](C)CO)C(=O)CCCn2cc(nn2)CO[C@@H]1CN(C)Cc1ccc(C(=O)O)cc1. The van der Waals surface area contributed by atoms with Gasteiger partial charge in [-0.2, -0.15) is 0 Å². The Kier molecular flexibility index (Phi) is 9.14. The number of aliphatic hydroxyl groups excluding tert-OH is 1. The van der Waals surface area contributed by atoms with Gasteiger partial charge in [-0.05, 0) is 38.1 Å². The molecule has 1 amide bonds. The van der Waals surface area contributed by atoms with Gasteiger partial charge in [-0.15, -0.1) is 5.10 Å². The number of hydrogen-bond donors (Lipinski definition) is 2. The van der Waals surface area contributed by atoms with Crippen LogP contribution in [0.3, 0.4) is 0 Å². The van der Waals surface area contributed by atoms with Crippen LogP contribution < -0.4 is 0 Å². The van der Waals surface area contributed by atoms with E-state index in [2.05, 4.69) is 22.1 Å². The Hall–Kier alpha value is -2.82. The molecule has 3 rings (SSSR count). The lowest BCUT2D eigenvalue weighted by atomic mass is 10.0. The lowest BCUT2D eigenvalue weighted by Crippen LogP contribution is -2.47. The molecule has 2 aromatic rings. The third-order valence-corrected chi connectivity index (χ3v) is 6.19. The number of aliphatic hydroxyl groups is 1. The number of aromatic carboxylic acids is 1. The Labute approximate surface area is 200 Å². The monoisotopic (exact) mass is 473 g/mol. The fourth-order valence-corrected chi connectivity index (χ4v) is 4.13. The van der Waals surface area contributed by atoms with E-state index in [1.54, 1.807) is 21.7 Å². The number of rotatable bonds is 7. The summed E-state index contributed by atoms with van der Waals surface area (Å²) >= 11 is 0. The molecule has 0 radical (unpaired) electrons. The maximum absolute atomic E-state index is 12.9. The van der Waals surface area contributed by atoms with Gasteiger partial charge < -0.3 is 19.8 Å². The van der Waals surface area contributed by atoms with Gasteiger partial charge in [-0.25, -0.2) is 4.79 Å². The van der Waals surface area contributed by atoms with E-state index in [1.165, 1.54) is 0 Å². The maximum atomic E-state index is 12.9. The van der Waals surface area contributed by atoms with Crippen LogP contribution in [0, 0.1) is 5.92 Å². The Balaban J connectivity index is 1.74. The molecule has 34 heavy (non-hydrogen) atoms. The van der Waals surface area contributed by atoms with Crippen LogP contribution in [0.4, 0.5) is 0 Å². The summed E-state index contributed by atoms with van der Waals surface area (Å²) in [4.78, 5) is 27.9. The lowest BCUT2D eigenvalue weighted by molar-refractivity contribution is -0.136. The van der Waals surface area contributed by atoms with Crippen LogP contribution in [0.15, 0.2) is 30.5 Å². The summed E-state index contributed by atoms with van der Waals surface area (Å²) in [6.07, 6.45) is 2.68. The second-order valence-electron chi connectivity index (χ2n) is 9.18. The first kappa shape index (κ1) is 25.8. The van der Waals surface area contributed by atoms with E-state index in [0.29, 0.717) is 45.6 Å². The van der Waals surface area contributed by atoms with Gasteiger partial charge in [0.1, 0.15) is 5.69 Å². The maximum Gasteiger partial charge on any atom is 0.335 e. The van der Waals surface area contributed by atoms with Gasteiger partial charge in [0, 0.05) is 38.5 Å². The van der Waals surface area contributed by atoms with Crippen LogP contribution in [-0.4, -0.2) is 85.8 Å². The predicted molar refractivity (Wildman–Crippen MR) is 125 cm³/mol. The van der Waals surface area contributed by atoms with E-state index in [0.717, 1.165) is 11.3 Å². The smallest absolute Gasteiger partial charge is 0.335 e. The molecule has 2 N–H and O–H groups in total. The number of hydrogen-bond acceptors (Lipinski definition) is 7. The highest BCUT2D eigenvalue weighted by Gasteiger charge is 2.28. The van der Waals surface area contributed by atoms with Gasteiger partial charge in [0.15, 0.2) is 0 Å². The summed E-state index contributed by atoms with van der Waals surface area (Å²) in [6, 6.07) is 6.56. The molecule has 0 spiro atoms. The summed E-state index contributed by atoms with van der Waals surface area (Å²) in [6.45, 7) is 6.45. The van der Waals surface area contributed by atoms with Gasteiger partial charge in [-0.1, -0.05) is 24.3 Å². The van der Waals surface area contributed by atoms with Crippen molar-refractivity contribution >= 4 is 11.9 Å². The molecule has 0 fully saturated rings. The zero-order valence-corrected chi connectivity index (χ0v) is 20.1. The molecule has 10 heteroatoms. The highest BCUT2D eigenvalue weighted by Crippen LogP contribution is 2.18. The van der Waals surface area contributed by atoms with Gasteiger partial charge >= 0.3 is 5.97 Å². The Morgan fingerprint density at radius 1 is 1.32 bits per heavy atom. The first-order chi connectivity index (χ1) is 16.3. The van der Waals surface area contributed by atoms with E-state index < -0.39 is 5.97 Å². The first-order valence-electron chi connectivity index (χ1n) is 11.7. The molecule has 1 aromatic carbocycles. The molecule has 1 aliphatic heterocycles. The molecule has 2 heterocycles. The molecular weight excluding hydrogens is 438 g/mol. The predicted octanol–water partition coefficient (Wildman–Crippen LogP) is 1.63. The average Bonchev–Trinajstić information content (AvgIpc) is 3.27. The number of likely N-dealkylation sites (N-methyl/N-ethyl adjacent to an activating group) is 1. The van der Waals surface area contributed by atoms with E-state index in [1.807, 2.05) is 32.3 Å². The van der Waals surface area contributed by atoms with Crippen LogP contribution in [0.5, 0.6) is 0 Å². The second kappa shape index (κ2) is 12.0. The molecule has 186 valence electrons. The molecule has 10 nitrogen and oxygen atoms in total. The number of carboxylic acid groups (broad SMARTS) is 1. The molecular formula is C24H35N5O5. The molecule has 0 saturated carbocycles. The number of carbonyl (C=O) groups is 2. The van der Waals surface area contributed by atoms with E-state index in [-0.39, 0.29) is 36.1 Å². The molecule has 1 aromatic heterocycles. The van der Waals surface area contributed by atoms with Crippen molar-refractivity contribution in [2.24, 2.45) is 5.92 Å². The molecule has 0 aliphatic carbocycles. The van der Waals surface area contributed by atoms with Crippen molar-refractivity contribution in [3.8, 4) is 0 Å². The quantitative estimate of drug-likeness (QED) is 0.623. The van der Waals surface area contributed by atoms with Crippen molar-refractivity contribution in [2.45, 2.75) is 58.5 Å².